The van der Waals surface area contributed by atoms with Crippen LogP contribution in [0.3, 0.4) is 0 Å². The number of para-hydroxylation sites is 2. The van der Waals surface area contributed by atoms with Crippen molar-refractivity contribution >= 4 is 17.1 Å². The molecule has 0 saturated carbocycles. The summed E-state index contributed by atoms with van der Waals surface area (Å²) in [6.07, 6.45) is 3.63. The topological polar surface area (TPSA) is 41.9 Å². The molecular weight excluding hydrogens is 609 g/mol. The molecule has 3 aromatic heterocycles. The van der Waals surface area contributed by atoms with Crippen molar-refractivity contribution in [1.29, 1.82) is 0 Å². The van der Waals surface area contributed by atoms with Gasteiger partial charge in [-0.1, -0.05) is 109 Å². The van der Waals surface area contributed by atoms with Crippen LogP contribution in [-0.4, -0.2) is 15.0 Å². The summed E-state index contributed by atoms with van der Waals surface area (Å²) in [5.74, 6) is 0. The zero-order valence-electron chi connectivity index (χ0n) is 27.1. The molecular formula is C46H30N4. The van der Waals surface area contributed by atoms with Crippen molar-refractivity contribution in [2.75, 3.05) is 4.90 Å². The molecule has 4 nitrogen and oxygen atoms in total. The van der Waals surface area contributed by atoms with E-state index in [0.717, 1.165) is 45.3 Å². The first kappa shape index (κ1) is 28.4. The van der Waals surface area contributed by atoms with E-state index in [4.69, 9.17) is 4.98 Å². The standard InChI is InChI=1S/C46H30N4/c1-2-14-33(15-3-1)50-44-23-9-8-20-38(44)46(36-18-6-4-16-34(36)35-17-5-7-19-37(35)46)39-25-24-31(30-45(39)50)32-28-42(40-21-10-12-26-47-40)49-43(29-32)41-22-11-13-27-48-41/h1-30H. The number of hydrogen-bond acceptors (Lipinski definition) is 4. The van der Waals surface area contributed by atoms with Gasteiger partial charge >= 0.3 is 0 Å². The molecule has 1 aliphatic carbocycles. The van der Waals surface area contributed by atoms with Crippen LogP contribution in [0.5, 0.6) is 0 Å². The second-order valence-electron chi connectivity index (χ2n) is 12.8. The van der Waals surface area contributed by atoms with E-state index in [0.29, 0.717) is 0 Å². The molecule has 0 bridgehead atoms. The predicted octanol–water partition coefficient (Wildman–Crippen LogP) is 11.0. The smallest absolute Gasteiger partial charge is 0.0900 e. The summed E-state index contributed by atoms with van der Waals surface area (Å²) < 4.78 is 0. The lowest BCUT2D eigenvalue weighted by molar-refractivity contribution is 0.753. The van der Waals surface area contributed by atoms with Gasteiger partial charge in [0.1, 0.15) is 0 Å². The number of benzene rings is 5. The summed E-state index contributed by atoms with van der Waals surface area (Å²) in [5, 5.41) is 0. The van der Waals surface area contributed by atoms with Crippen molar-refractivity contribution in [1.82, 2.24) is 15.0 Å². The Morgan fingerprint density at radius 1 is 0.380 bits per heavy atom. The molecule has 2 aliphatic rings. The molecule has 0 radical (unpaired) electrons. The lowest BCUT2D eigenvalue weighted by Gasteiger charge is -2.45. The average molecular weight is 639 g/mol. The fourth-order valence-electron chi connectivity index (χ4n) is 8.13. The zero-order valence-corrected chi connectivity index (χ0v) is 27.1. The fraction of sp³-hybridized carbons (Fsp3) is 0.0217. The third-order valence-corrected chi connectivity index (χ3v) is 10.2. The molecule has 0 saturated heterocycles. The average Bonchev–Trinajstić information content (AvgIpc) is 3.49. The molecule has 5 aromatic carbocycles. The molecule has 4 heteroatoms. The quantitative estimate of drug-likeness (QED) is 0.192. The van der Waals surface area contributed by atoms with Crippen LogP contribution in [-0.2, 0) is 5.41 Å². The molecule has 234 valence electrons. The van der Waals surface area contributed by atoms with Gasteiger partial charge < -0.3 is 4.90 Å². The summed E-state index contributed by atoms with van der Waals surface area (Å²) >= 11 is 0. The van der Waals surface area contributed by atoms with Crippen LogP contribution < -0.4 is 4.90 Å². The summed E-state index contributed by atoms with van der Waals surface area (Å²) in [7, 11) is 0. The first-order chi connectivity index (χ1) is 24.8. The van der Waals surface area contributed by atoms with Gasteiger partial charge in [0, 0.05) is 18.1 Å². The van der Waals surface area contributed by atoms with Crippen molar-refractivity contribution in [3.05, 3.63) is 205 Å². The van der Waals surface area contributed by atoms with Crippen LogP contribution in [0.2, 0.25) is 0 Å². The fourth-order valence-corrected chi connectivity index (χ4v) is 8.13. The number of anilines is 3. The highest BCUT2D eigenvalue weighted by Gasteiger charge is 2.51. The molecule has 10 rings (SSSR count). The van der Waals surface area contributed by atoms with Crippen LogP contribution in [0.1, 0.15) is 22.3 Å². The normalized spacial score (nSPS) is 13.3. The van der Waals surface area contributed by atoms with Gasteiger partial charge in [-0.25, -0.2) is 4.98 Å². The number of hydrogen-bond donors (Lipinski definition) is 0. The van der Waals surface area contributed by atoms with E-state index in [9.17, 15) is 0 Å². The Morgan fingerprint density at radius 3 is 1.54 bits per heavy atom. The minimum Gasteiger partial charge on any atom is -0.310 e. The molecule has 0 atom stereocenters. The molecule has 1 aliphatic heterocycles. The van der Waals surface area contributed by atoms with Crippen LogP contribution in [0.25, 0.3) is 45.0 Å². The Balaban J connectivity index is 1.28. The third-order valence-electron chi connectivity index (χ3n) is 10.2. The maximum absolute atomic E-state index is 5.05. The summed E-state index contributed by atoms with van der Waals surface area (Å²) in [4.78, 5) is 16.8. The van der Waals surface area contributed by atoms with Crippen molar-refractivity contribution in [2.45, 2.75) is 5.41 Å². The number of rotatable bonds is 4. The minimum atomic E-state index is -0.487. The van der Waals surface area contributed by atoms with Gasteiger partial charge in [0.15, 0.2) is 0 Å². The van der Waals surface area contributed by atoms with Crippen molar-refractivity contribution in [3.63, 3.8) is 0 Å². The van der Waals surface area contributed by atoms with Crippen molar-refractivity contribution in [2.24, 2.45) is 0 Å². The van der Waals surface area contributed by atoms with Gasteiger partial charge in [-0.05, 0) is 105 Å². The molecule has 0 amide bonds. The lowest BCUT2D eigenvalue weighted by atomic mass is 9.64. The molecule has 0 fully saturated rings. The Morgan fingerprint density at radius 2 is 0.920 bits per heavy atom. The van der Waals surface area contributed by atoms with E-state index in [1.165, 1.54) is 39.1 Å². The second kappa shape index (κ2) is 11.2. The van der Waals surface area contributed by atoms with Crippen LogP contribution in [0.4, 0.5) is 17.1 Å². The lowest BCUT2D eigenvalue weighted by Crippen LogP contribution is -2.36. The van der Waals surface area contributed by atoms with E-state index < -0.39 is 5.41 Å². The highest BCUT2D eigenvalue weighted by atomic mass is 15.2. The number of fused-ring (bicyclic) bond motifs is 9. The monoisotopic (exact) mass is 638 g/mol. The Labute approximate surface area is 291 Å². The van der Waals surface area contributed by atoms with E-state index in [2.05, 4.69) is 148 Å². The molecule has 4 heterocycles. The SMILES string of the molecule is c1ccc(N2c3ccccc3C3(c4ccccc4-c4ccccc43)c3ccc(-c4cc(-c5ccccn5)nc(-c5ccccn5)c4)cc32)cc1. The molecule has 0 unspecified atom stereocenters. The predicted molar refractivity (Wildman–Crippen MR) is 202 cm³/mol. The van der Waals surface area contributed by atoms with Crippen molar-refractivity contribution < 1.29 is 0 Å². The number of nitrogens with zero attached hydrogens (tertiary/aromatic N) is 4. The van der Waals surface area contributed by atoms with Gasteiger partial charge in [-0.3, -0.25) is 9.97 Å². The highest BCUT2D eigenvalue weighted by Crippen LogP contribution is 2.63. The summed E-state index contributed by atoms with van der Waals surface area (Å²) in [6.45, 7) is 0. The van der Waals surface area contributed by atoms with E-state index in [-0.39, 0.29) is 0 Å². The van der Waals surface area contributed by atoms with Crippen molar-refractivity contribution in [3.8, 4) is 45.0 Å². The minimum absolute atomic E-state index is 0.487. The third kappa shape index (κ3) is 4.15. The Bertz CT molecular complexity index is 2440. The summed E-state index contributed by atoms with van der Waals surface area (Å²) in [5.41, 5.74) is 16.1. The van der Waals surface area contributed by atoms with Gasteiger partial charge in [-0.2, -0.15) is 0 Å². The van der Waals surface area contributed by atoms with E-state index in [1.54, 1.807) is 0 Å². The largest absolute Gasteiger partial charge is 0.310 e. The summed E-state index contributed by atoms with van der Waals surface area (Å²) in [6, 6.07) is 60.7. The van der Waals surface area contributed by atoms with Gasteiger partial charge in [0.2, 0.25) is 0 Å². The van der Waals surface area contributed by atoms with Crippen LogP contribution in [0.15, 0.2) is 182 Å². The zero-order chi connectivity index (χ0) is 33.1. The number of aromatic nitrogens is 3. The van der Waals surface area contributed by atoms with Crippen LogP contribution in [0, 0.1) is 0 Å². The first-order valence-corrected chi connectivity index (χ1v) is 16.9. The molecule has 1 spiro atoms. The maximum atomic E-state index is 5.05. The van der Waals surface area contributed by atoms with Gasteiger partial charge in [0.05, 0.1) is 39.6 Å². The Kier molecular flexibility index (Phi) is 6.36. The van der Waals surface area contributed by atoms with E-state index in [1.807, 2.05) is 48.8 Å². The molecule has 0 N–H and O–H groups in total. The van der Waals surface area contributed by atoms with Gasteiger partial charge in [0.25, 0.3) is 0 Å². The second-order valence-corrected chi connectivity index (χ2v) is 12.8. The number of pyridine rings is 3. The molecule has 50 heavy (non-hydrogen) atoms. The van der Waals surface area contributed by atoms with Gasteiger partial charge in [-0.15, -0.1) is 0 Å². The molecule has 8 aromatic rings. The Hall–Kier alpha value is -6.65. The van der Waals surface area contributed by atoms with E-state index >= 15 is 0 Å². The first-order valence-electron chi connectivity index (χ1n) is 16.9. The van der Waals surface area contributed by atoms with Crippen LogP contribution >= 0.6 is 0 Å². The maximum Gasteiger partial charge on any atom is 0.0900 e. The highest BCUT2D eigenvalue weighted by molar-refractivity contribution is 5.97.